The lowest BCUT2D eigenvalue weighted by Gasteiger charge is -2.08. The second kappa shape index (κ2) is 5.94. The molecule has 22 heavy (non-hydrogen) atoms. The minimum atomic E-state index is -0.934. The number of benzene rings is 1. The van der Waals surface area contributed by atoms with Crippen molar-refractivity contribution >= 4 is 50.8 Å². The van der Waals surface area contributed by atoms with Gasteiger partial charge in [-0.05, 0) is 36.9 Å². The van der Waals surface area contributed by atoms with Crippen LogP contribution >= 0.6 is 23.1 Å². The fourth-order valence-corrected chi connectivity index (χ4v) is 3.65. The molecule has 0 fully saturated rings. The molecule has 0 bridgehead atoms. The number of carboxylic acids is 1. The quantitative estimate of drug-likeness (QED) is 0.699. The van der Waals surface area contributed by atoms with Gasteiger partial charge in [0.15, 0.2) is 0 Å². The molecule has 0 saturated heterocycles. The topological polar surface area (TPSA) is 75.1 Å². The van der Waals surface area contributed by atoms with Crippen molar-refractivity contribution in [3.63, 3.8) is 0 Å². The summed E-state index contributed by atoms with van der Waals surface area (Å²) >= 11 is 2.83. The van der Waals surface area contributed by atoms with Crippen molar-refractivity contribution in [2.45, 2.75) is 11.8 Å². The Kier molecular flexibility index (Phi) is 4.00. The Bertz CT molecular complexity index is 861. The number of thioether (sulfide) groups is 1. The first-order valence-electron chi connectivity index (χ1n) is 6.48. The summed E-state index contributed by atoms with van der Waals surface area (Å²) in [5, 5.41) is 13.3. The Morgan fingerprint density at radius 2 is 2.18 bits per heavy atom. The number of carboxylic acid groups (broad SMARTS) is 1. The van der Waals surface area contributed by atoms with E-state index < -0.39 is 5.97 Å². The van der Waals surface area contributed by atoms with Crippen molar-refractivity contribution < 1.29 is 9.90 Å². The van der Waals surface area contributed by atoms with Crippen molar-refractivity contribution in [3.8, 4) is 0 Å². The molecule has 0 aliphatic rings. The van der Waals surface area contributed by atoms with Gasteiger partial charge in [-0.25, -0.2) is 14.8 Å². The SMILES string of the molecule is CSc1cccc(Nc2ncnc3sc(C(=O)O)c(C)c23)c1. The lowest BCUT2D eigenvalue weighted by molar-refractivity contribution is 0.0701. The highest BCUT2D eigenvalue weighted by molar-refractivity contribution is 7.98. The third-order valence-corrected chi connectivity index (χ3v) is 5.17. The lowest BCUT2D eigenvalue weighted by atomic mass is 10.2. The Morgan fingerprint density at radius 1 is 1.36 bits per heavy atom. The number of anilines is 2. The van der Waals surface area contributed by atoms with Crippen LogP contribution in [0.5, 0.6) is 0 Å². The van der Waals surface area contributed by atoms with E-state index in [2.05, 4.69) is 15.3 Å². The van der Waals surface area contributed by atoms with Crippen LogP contribution in [-0.4, -0.2) is 27.3 Å². The van der Waals surface area contributed by atoms with E-state index in [0.717, 1.165) is 16.0 Å². The normalized spacial score (nSPS) is 10.8. The summed E-state index contributed by atoms with van der Waals surface area (Å²) in [5.74, 6) is -0.305. The molecule has 1 aromatic carbocycles. The Morgan fingerprint density at radius 3 is 2.91 bits per heavy atom. The molecule has 2 aromatic heterocycles. The number of thiophene rings is 1. The number of fused-ring (bicyclic) bond motifs is 1. The van der Waals surface area contributed by atoms with E-state index in [9.17, 15) is 9.90 Å². The van der Waals surface area contributed by atoms with Crippen LogP contribution in [0, 0.1) is 6.92 Å². The lowest BCUT2D eigenvalue weighted by Crippen LogP contribution is -1.97. The number of aromatic carboxylic acids is 1. The van der Waals surface area contributed by atoms with Gasteiger partial charge in [0.05, 0.1) is 5.39 Å². The fourth-order valence-electron chi connectivity index (χ4n) is 2.21. The molecule has 5 nitrogen and oxygen atoms in total. The number of hydrogen-bond acceptors (Lipinski definition) is 6. The summed E-state index contributed by atoms with van der Waals surface area (Å²) in [7, 11) is 0. The molecule has 112 valence electrons. The number of nitrogens with one attached hydrogen (secondary N) is 1. The van der Waals surface area contributed by atoms with Crippen molar-refractivity contribution in [1.82, 2.24) is 9.97 Å². The first-order chi connectivity index (χ1) is 10.6. The molecule has 0 radical (unpaired) electrons. The maximum absolute atomic E-state index is 11.3. The van der Waals surface area contributed by atoms with Gasteiger partial charge in [-0.1, -0.05) is 6.07 Å². The van der Waals surface area contributed by atoms with Crippen LogP contribution in [0.1, 0.15) is 15.2 Å². The molecule has 0 aliphatic carbocycles. The minimum absolute atomic E-state index is 0.302. The van der Waals surface area contributed by atoms with Crippen molar-refractivity contribution in [3.05, 3.63) is 41.0 Å². The van der Waals surface area contributed by atoms with Gasteiger partial charge in [0.1, 0.15) is 21.9 Å². The number of aryl methyl sites for hydroxylation is 1. The largest absolute Gasteiger partial charge is 0.477 e. The first-order valence-corrected chi connectivity index (χ1v) is 8.52. The molecule has 2 N–H and O–H groups in total. The van der Waals surface area contributed by atoms with Crippen molar-refractivity contribution in [2.75, 3.05) is 11.6 Å². The van der Waals surface area contributed by atoms with Gasteiger partial charge in [0.2, 0.25) is 0 Å². The molecule has 0 saturated carbocycles. The molecule has 0 aliphatic heterocycles. The molecule has 0 amide bonds. The van der Waals surface area contributed by atoms with Crippen LogP contribution in [0.15, 0.2) is 35.5 Å². The molecular formula is C15H13N3O2S2. The number of carbonyl (C=O) groups is 1. The van der Waals surface area contributed by atoms with E-state index in [1.807, 2.05) is 30.5 Å². The van der Waals surface area contributed by atoms with Crippen LogP contribution in [-0.2, 0) is 0 Å². The summed E-state index contributed by atoms with van der Waals surface area (Å²) in [6.07, 6.45) is 3.47. The Hall–Kier alpha value is -2.12. The van der Waals surface area contributed by atoms with Gasteiger partial charge in [0.25, 0.3) is 0 Å². The zero-order chi connectivity index (χ0) is 15.7. The van der Waals surface area contributed by atoms with Gasteiger partial charge in [-0.3, -0.25) is 0 Å². The van der Waals surface area contributed by atoms with E-state index >= 15 is 0 Å². The van der Waals surface area contributed by atoms with Crippen molar-refractivity contribution in [1.29, 1.82) is 0 Å². The van der Waals surface area contributed by atoms with Crippen molar-refractivity contribution in [2.24, 2.45) is 0 Å². The predicted octanol–water partition coefficient (Wildman–Crippen LogP) is 4.16. The molecule has 0 atom stereocenters. The van der Waals surface area contributed by atoms with Gasteiger partial charge in [-0.15, -0.1) is 23.1 Å². The van der Waals surface area contributed by atoms with E-state index in [-0.39, 0.29) is 0 Å². The molecular weight excluding hydrogens is 318 g/mol. The molecule has 3 rings (SSSR count). The second-order valence-electron chi connectivity index (χ2n) is 4.62. The van der Waals surface area contributed by atoms with Crippen LogP contribution in [0.2, 0.25) is 0 Å². The standard InChI is InChI=1S/C15H13N3O2S2/c1-8-11-13(18-9-4-3-5-10(6-9)21-2)16-7-17-14(11)22-12(8)15(19)20/h3-7H,1-2H3,(H,19,20)(H,16,17,18). The highest BCUT2D eigenvalue weighted by Crippen LogP contribution is 2.34. The van der Waals surface area contributed by atoms with Crippen LogP contribution in [0.25, 0.3) is 10.2 Å². The fraction of sp³-hybridized carbons (Fsp3) is 0.133. The maximum Gasteiger partial charge on any atom is 0.346 e. The van der Waals surface area contributed by atoms with E-state index in [0.29, 0.717) is 21.1 Å². The summed E-state index contributed by atoms with van der Waals surface area (Å²) in [5.41, 5.74) is 1.60. The van der Waals surface area contributed by atoms with E-state index in [1.165, 1.54) is 17.7 Å². The molecule has 2 heterocycles. The van der Waals surface area contributed by atoms with E-state index in [1.54, 1.807) is 18.7 Å². The monoisotopic (exact) mass is 331 g/mol. The number of aromatic nitrogens is 2. The summed E-state index contributed by atoms with van der Waals surface area (Å²) in [4.78, 5) is 21.9. The minimum Gasteiger partial charge on any atom is -0.477 e. The summed E-state index contributed by atoms with van der Waals surface area (Å²) in [6, 6.07) is 7.98. The zero-order valence-electron chi connectivity index (χ0n) is 12.0. The molecule has 7 heteroatoms. The highest BCUT2D eigenvalue weighted by atomic mass is 32.2. The van der Waals surface area contributed by atoms with Gasteiger partial charge in [0, 0.05) is 10.6 Å². The van der Waals surface area contributed by atoms with Crippen LogP contribution < -0.4 is 5.32 Å². The maximum atomic E-state index is 11.3. The highest BCUT2D eigenvalue weighted by Gasteiger charge is 2.18. The average molecular weight is 331 g/mol. The van der Waals surface area contributed by atoms with Crippen LogP contribution in [0.4, 0.5) is 11.5 Å². The Balaban J connectivity index is 2.08. The molecule has 0 unspecified atom stereocenters. The summed E-state index contributed by atoms with van der Waals surface area (Å²) in [6.45, 7) is 1.79. The van der Waals surface area contributed by atoms with Gasteiger partial charge < -0.3 is 10.4 Å². The summed E-state index contributed by atoms with van der Waals surface area (Å²) < 4.78 is 0. The zero-order valence-corrected chi connectivity index (χ0v) is 13.6. The molecule has 0 spiro atoms. The second-order valence-corrected chi connectivity index (χ2v) is 6.50. The third kappa shape index (κ3) is 2.65. The van der Waals surface area contributed by atoms with Gasteiger partial charge >= 0.3 is 5.97 Å². The first kappa shape index (κ1) is 14.8. The smallest absolute Gasteiger partial charge is 0.346 e. The van der Waals surface area contributed by atoms with Gasteiger partial charge in [-0.2, -0.15) is 0 Å². The number of rotatable bonds is 4. The number of nitrogens with zero attached hydrogens (tertiary/aromatic N) is 2. The third-order valence-electron chi connectivity index (χ3n) is 3.25. The van der Waals surface area contributed by atoms with E-state index in [4.69, 9.17) is 0 Å². The number of hydrogen-bond donors (Lipinski definition) is 2. The Labute approximate surface area is 135 Å². The molecule has 3 aromatic rings. The van der Waals surface area contributed by atoms with Crippen LogP contribution in [0.3, 0.4) is 0 Å². The average Bonchev–Trinajstić information content (AvgIpc) is 2.86. The predicted molar refractivity (Wildman–Crippen MR) is 90.6 cm³/mol.